The maximum Gasteiger partial charge on any atom is 0.407 e. The maximum atomic E-state index is 13.5. The van der Waals surface area contributed by atoms with E-state index in [9.17, 15) is 9.59 Å². The highest BCUT2D eigenvalue weighted by molar-refractivity contribution is 9.10. The normalized spacial score (nSPS) is 42.3. The monoisotopic (exact) mass is 412 g/mol. The summed E-state index contributed by atoms with van der Waals surface area (Å²) < 4.78 is 5.19. The number of carbonyl (C=O) groups excluding carboxylic acids is 2. The van der Waals surface area contributed by atoms with Crippen molar-refractivity contribution in [2.24, 2.45) is 17.3 Å². The summed E-state index contributed by atoms with van der Waals surface area (Å²) in [5.41, 5.74) is -0.153. The van der Waals surface area contributed by atoms with Gasteiger partial charge in [0.05, 0.1) is 12.0 Å². The second-order valence-corrected chi connectivity index (χ2v) is 10.5. The highest BCUT2D eigenvalue weighted by atomic mass is 79.9. The summed E-state index contributed by atoms with van der Waals surface area (Å²) in [6.45, 7) is 3.63. The van der Waals surface area contributed by atoms with Crippen LogP contribution in [0.25, 0.3) is 0 Å². The summed E-state index contributed by atoms with van der Waals surface area (Å²) in [6.07, 6.45) is 8.44. The van der Waals surface area contributed by atoms with Crippen molar-refractivity contribution in [2.75, 3.05) is 19.7 Å². The number of piperidine rings is 1. The lowest BCUT2D eigenvalue weighted by atomic mass is 9.49. The van der Waals surface area contributed by atoms with Gasteiger partial charge in [0.25, 0.3) is 0 Å². The molecule has 5 rings (SSSR count). The molecule has 0 aromatic carbocycles. The summed E-state index contributed by atoms with van der Waals surface area (Å²) in [6, 6.07) is 0.0172. The molecule has 3 atom stereocenters. The molecule has 0 aromatic rings. The van der Waals surface area contributed by atoms with Crippen molar-refractivity contribution >= 4 is 27.9 Å². The molecule has 5 nitrogen and oxygen atoms in total. The van der Waals surface area contributed by atoms with Crippen molar-refractivity contribution in [3.63, 3.8) is 0 Å². The number of amides is 2. The molecule has 1 aliphatic heterocycles. The number of ether oxygens (including phenoxy) is 1. The van der Waals surface area contributed by atoms with E-state index in [1.54, 1.807) is 6.92 Å². The molecule has 0 spiro atoms. The van der Waals surface area contributed by atoms with E-state index >= 15 is 0 Å². The first-order valence-corrected chi connectivity index (χ1v) is 10.6. The van der Waals surface area contributed by atoms with Crippen LogP contribution in [0.4, 0.5) is 4.79 Å². The van der Waals surface area contributed by atoms with Gasteiger partial charge in [0.2, 0.25) is 5.91 Å². The number of halogens is 1. The van der Waals surface area contributed by atoms with Gasteiger partial charge in [0, 0.05) is 23.5 Å². The third-order valence-electron chi connectivity index (χ3n) is 6.75. The topological polar surface area (TPSA) is 58.6 Å². The molecule has 25 heavy (non-hydrogen) atoms. The van der Waals surface area contributed by atoms with Crippen molar-refractivity contribution in [3.05, 3.63) is 0 Å². The Morgan fingerprint density at radius 1 is 1.24 bits per heavy atom. The smallest absolute Gasteiger partial charge is 0.407 e. The van der Waals surface area contributed by atoms with Gasteiger partial charge in [-0.2, -0.15) is 0 Å². The Balaban J connectivity index is 1.44. The lowest BCUT2D eigenvalue weighted by Gasteiger charge is -2.60. The molecule has 6 heteroatoms. The van der Waals surface area contributed by atoms with Crippen LogP contribution in [0.15, 0.2) is 0 Å². The largest absolute Gasteiger partial charge is 0.450 e. The number of alkyl halides is 1. The molecule has 1 N–H and O–H groups in total. The van der Waals surface area contributed by atoms with E-state index in [1.165, 1.54) is 19.3 Å². The minimum atomic E-state index is -0.365. The number of rotatable bonds is 3. The minimum absolute atomic E-state index is 0.0172. The third kappa shape index (κ3) is 3.31. The minimum Gasteiger partial charge on any atom is -0.450 e. The first-order valence-electron chi connectivity index (χ1n) is 9.83. The number of carbonyl (C=O) groups is 2. The van der Waals surface area contributed by atoms with Crippen molar-refractivity contribution in [3.8, 4) is 0 Å². The Kier molecular flexibility index (Phi) is 4.53. The third-order valence-corrected chi connectivity index (χ3v) is 7.68. The van der Waals surface area contributed by atoms with Crippen molar-refractivity contribution in [1.82, 2.24) is 10.2 Å². The Hall–Kier alpha value is -0.780. The van der Waals surface area contributed by atoms with Crippen molar-refractivity contribution < 1.29 is 14.3 Å². The molecule has 0 unspecified atom stereocenters. The Morgan fingerprint density at radius 2 is 1.96 bits per heavy atom. The van der Waals surface area contributed by atoms with Gasteiger partial charge in [0.1, 0.15) is 0 Å². The zero-order chi connectivity index (χ0) is 17.7. The molecule has 2 amide bonds. The fraction of sp³-hybridized carbons (Fsp3) is 0.895. The van der Waals surface area contributed by atoms with Crippen LogP contribution in [0.3, 0.4) is 0 Å². The molecule has 4 aliphatic carbocycles. The molecule has 5 fully saturated rings. The fourth-order valence-corrected chi connectivity index (χ4v) is 7.81. The van der Waals surface area contributed by atoms with E-state index in [4.69, 9.17) is 4.74 Å². The molecule has 5 aliphatic rings. The number of hydrogen-bond donors (Lipinski definition) is 1. The number of nitrogens with one attached hydrogen (secondary N) is 1. The van der Waals surface area contributed by atoms with E-state index in [2.05, 4.69) is 21.2 Å². The van der Waals surface area contributed by atoms with Crippen molar-refractivity contribution in [1.29, 1.82) is 0 Å². The van der Waals surface area contributed by atoms with E-state index in [0.29, 0.717) is 30.9 Å². The van der Waals surface area contributed by atoms with Crippen LogP contribution in [-0.2, 0) is 9.53 Å². The molecule has 0 radical (unpaired) electrons. The van der Waals surface area contributed by atoms with Crippen LogP contribution >= 0.6 is 15.9 Å². The summed E-state index contributed by atoms with van der Waals surface area (Å²) in [7, 11) is 0. The van der Waals surface area contributed by atoms with Gasteiger partial charge in [-0.05, 0) is 70.1 Å². The molecule has 1 saturated heterocycles. The Labute approximate surface area is 158 Å². The first-order chi connectivity index (χ1) is 11.9. The quantitative estimate of drug-likeness (QED) is 0.721. The first kappa shape index (κ1) is 17.6. The SMILES string of the molecule is CCOC(=O)N[C@@H]1CCCN(C(=O)C23C[C@H]4C[C@@H](CC(Br)(C4)C2)C3)C1. The number of alkyl carbamates (subject to hydrolysis) is 1. The van der Waals surface area contributed by atoms with Gasteiger partial charge in [-0.15, -0.1) is 0 Å². The summed E-state index contributed by atoms with van der Waals surface area (Å²) in [4.78, 5) is 27.3. The lowest BCUT2D eigenvalue weighted by molar-refractivity contribution is -0.156. The average molecular weight is 413 g/mol. The highest BCUT2D eigenvalue weighted by Crippen LogP contribution is 2.64. The maximum absolute atomic E-state index is 13.5. The van der Waals surface area contributed by atoms with Crippen molar-refractivity contribution in [2.45, 2.75) is 68.7 Å². The number of nitrogens with zero attached hydrogens (tertiary/aromatic N) is 1. The lowest BCUT2D eigenvalue weighted by Crippen LogP contribution is -2.61. The van der Waals surface area contributed by atoms with Crippen LogP contribution in [0.2, 0.25) is 0 Å². The fourth-order valence-electron chi connectivity index (χ4n) is 6.36. The summed E-state index contributed by atoms with van der Waals surface area (Å²) >= 11 is 4.00. The van der Waals surface area contributed by atoms with Gasteiger partial charge in [-0.25, -0.2) is 4.79 Å². The van der Waals surface area contributed by atoms with Crippen LogP contribution in [0.1, 0.15) is 58.3 Å². The highest BCUT2D eigenvalue weighted by Gasteiger charge is 2.60. The molecule has 140 valence electrons. The van der Waals surface area contributed by atoms with E-state index in [-0.39, 0.29) is 21.9 Å². The van der Waals surface area contributed by atoms with Crippen LogP contribution in [-0.4, -0.2) is 47.0 Å². The zero-order valence-corrected chi connectivity index (χ0v) is 16.6. The Morgan fingerprint density at radius 3 is 2.60 bits per heavy atom. The van der Waals surface area contributed by atoms with Gasteiger partial charge in [-0.1, -0.05) is 15.9 Å². The molecule has 1 heterocycles. The van der Waals surface area contributed by atoms with Gasteiger partial charge in [-0.3, -0.25) is 4.79 Å². The molecular weight excluding hydrogens is 384 g/mol. The second-order valence-electron chi connectivity index (χ2n) is 8.85. The average Bonchev–Trinajstić information content (AvgIpc) is 2.52. The van der Waals surface area contributed by atoms with Crippen LogP contribution < -0.4 is 5.32 Å². The zero-order valence-electron chi connectivity index (χ0n) is 15.1. The summed E-state index contributed by atoms with van der Waals surface area (Å²) in [5.74, 6) is 1.77. The van der Waals surface area contributed by atoms with Gasteiger partial charge < -0.3 is 15.0 Å². The van der Waals surface area contributed by atoms with Crippen LogP contribution in [0.5, 0.6) is 0 Å². The molecule has 4 saturated carbocycles. The molecule has 4 bridgehead atoms. The van der Waals surface area contributed by atoms with Gasteiger partial charge >= 0.3 is 6.09 Å². The Bertz CT molecular complexity index is 553. The predicted molar refractivity (Wildman–Crippen MR) is 98.5 cm³/mol. The number of hydrogen-bond acceptors (Lipinski definition) is 3. The molecule has 0 aromatic heterocycles. The summed E-state index contributed by atoms with van der Waals surface area (Å²) in [5, 5.41) is 2.92. The van der Waals surface area contributed by atoms with E-state index < -0.39 is 0 Å². The predicted octanol–water partition coefficient (Wildman–Crippen LogP) is 3.46. The van der Waals surface area contributed by atoms with E-state index in [0.717, 1.165) is 38.6 Å². The van der Waals surface area contributed by atoms with Crippen LogP contribution in [0, 0.1) is 17.3 Å². The van der Waals surface area contributed by atoms with Gasteiger partial charge in [0.15, 0.2) is 0 Å². The second kappa shape index (κ2) is 6.43. The molecular formula is C19H29BrN2O3. The number of likely N-dealkylation sites (tertiary alicyclic amines) is 1. The standard InChI is InChI=1S/C19H29BrN2O3/c1-2-25-17(24)21-15-4-3-5-22(11-15)16(23)18-7-13-6-14(8-18)10-19(20,9-13)12-18/h13-15H,2-12H2,1H3,(H,21,24)/t13-,14-,15-,18?,19?/m1/s1. The van der Waals surface area contributed by atoms with E-state index in [1.807, 2.05) is 4.90 Å².